The molecule has 0 aromatic heterocycles. The fourth-order valence-electron chi connectivity index (χ4n) is 4.19. The van der Waals surface area contributed by atoms with Gasteiger partial charge >= 0.3 is 11.9 Å². The summed E-state index contributed by atoms with van der Waals surface area (Å²) < 4.78 is 5.71. The minimum Gasteiger partial charge on any atom is -0.478 e. The molecule has 0 bridgehead atoms. The van der Waals surface area contributed by atoms with Gasteiger partial charge in [-0.1, -0.05) is 23.7 Å². The van der Waals surface area contributed by atoms with Crippen molar-refractivity contribution in [3.05, 3.63) is 117 Å². The van der Waals surface area contributed by atoms with Gasteiger partial charge in [-0.15, -0.1) is 25.7 Å². The summed E-state index contributed by atoms with van der Waals surface area (Å²) in [7, 11) is 0. The largest absolute Gasteiger partial charge is 0.478 e. The maximum atomic E-state index is 13.0. The number of nitrogens with one attached hydrogen (secondary N) is 2. The number of terminal acetylenes is 4. The van der Waals surface area contributed by atoms with E-state index >= 15 is 0 Å². The number of hydrogen-bond donors (Lipinski definition) is 4. The van der Waals surface area contributed by atoms with Gasteiger partial charge in [0.15, 0.2) is 0 Å². The number of anilines is 2. The van der Waals surface area contributed by atoms with Crippen LogP contribution in [0.5, 0.6) is 11.5 Å². The van der Waals surface area contributed by atoms with Crippen LogP contribution in [0.2, 0.25) is 0 Å². The zero-order valence-corrected chi connectivity index (χ0v) is 23.2. The molecule has 4 aromatic rings. The number of aromatic carboxylic acids is 2. The fraction of sp³-hybridized carbons (Fsp3) is 0. The van der Waals surface area contributed by atoms with Crippen molar-refractivity contribution in [2.24, 2.45) is 0 Å². The van der Waals surface area contributed by atoms with Crippen molar-refractivity contribution in [2.75, 3.05) is 10.6 Å². The smallest absolute Gasteiger partial charge is 0.336 e. The molecule has 0 radical (unpaired) electrons. The Labute approximate surface area is 257 Å². The molecule has 45 heavy (non-hydrogen) atoms. The van der Waals surface area contributed by atoms with Crippen molar-refractivity contribution >= 4 is 35.1 Å². The molecule has 216 valence electrons. The van der Waals surface area contributed by atoms with E-state index in [2.05, 4.69) is 34.3 Å². The summed E-state index contributed by atoms with van der Waals surface area (Å²) in [6.07, 6.45) is 21.8. The van der Waals surface area contributed by atoms with Gasteiger partial charge in [0.2, 0.25) is 0 Å². The molecule has 0 atom stereocenters. The van der Waals surface area contributed by atoms with E-state index in [4.69, 9.17) is 30.4 Å². The Morgan fingerprint density at radius 1 is 0.511 bits per heavy atom. The SMILES string of the molecule is C#Cc1cc(C#C)cc(NC(=O)c2ccc(Oc3ccc(C(=O)Nc4cc(C#C)cc(C#C)c4)c(C(=O)O)c3)cc2C(=O)O)c1. The van der Waals surface area contributed by atoms with Gasteiger partial charge in [0.1, 0.15) is 11.5 Å². The molecular formula is C36H20N2O7. The number of carbonyl (C=O) groups is 4. The Bertz CT molecular complexity index is 1870. The Kier molecular flexibility index (Phi) is 9.01. The molecule has 2 amide bonds. The molecule has 0 unspecified atom stereocenters. The number of carbonyl (C=O) groups excluding carboxylic acids is 2. The van der Waals surface area contributed by atoms with Crippen LogP contribution >= 0.6 is 0 Å². The first-order valence-corrected chi connectivity index (χ1v) is 12.8. The van der Waals surface area contributed by atoms with E-state index in [0.717, 1.165) is 12.1 Å². The molecular weight excluding hydrogens is 572 g/mol. The highest BCUT2D eigenvalue weighted by atomic mass is 16.5. The number of amides is 2. The number of rotatable bonds is 8. The monoisotopic (exact) mass is 592 g/mol. The molecule has 0 aliphatic carbocycles. The first kappa shape index (κ1) is 30.8. The zero-order valence-electron chi connectivity index (χ0n) is 23.2. The van der Waals surface area contributed by atoms with Gasteiger partial charge in [0.05, 0.1) is 22.3 Å². The molecule has 4 N–H and O–H groups in total. The van der Waals surface area contributed by atoms with Gasteiger partial charge in [-0.25, -0.2) is 9.59 Å². The molecule has 9 nitrogen and oxygen atoms in total. The molecule has 0 aliphatic heterocycles. The van der Waals surface area contributed by atoms with E-state index in [1.165, 1.54) is 48.5 Å². The summed E-state index contributed by atoms with van der Waals surface area (Å²) >= 11 is 0. The van der Waals surface area contributed by atoms with E-state index in [0.29, 0.717) is 22.3 Å². The third-order valence-corrected chi connectivity index (χ3v) is 6.22. The molecule has 0 aliphatic rings. The van der Waals surface area contributed by atoms with E-state index in [-0.39, 0.29) is 34.0 Å². The van der Waals surface area contributed by atoms with Gasteiger partial charge in [-0.2, -0.15) is 0 Å². The first-order chi connectivity index (χ1) is 21.5. The van der Waals surface area contributed by atoms with Gasteiger partial charge in [0.25, 0.3) is 11.8 Å². The number of carboxylic acids is 2. The van der Waals surface area contributed by atoms with E-state index in [1.807, 2.05) is 0 Å². The highest BCUT2D eigenvalue weighted by molar-refractivity contribution is 6.12. The van der Waals surface area contributed by atoms with Crippen LogP contribution in [0.15, 0.2) is 72.8 Å². The topological polar surface area (TPSA) is 142 Å². The molecule has 0 saturated carbocycles. The van der Waals surface area contributed by atoms with Crippen molar-refractivity contribution in [1.29, 1.82) is 0 Å². The average molecular weight is 593 g/mol. The summed E-state index contributed by atoms with van der Waals surface area (Å²) in [5.74, 6) is 5.32. The lowest BCUT2D eigenvalue weighted by atomic mass is 10.0. The van der Waals surface area contributed by atoms with Crippen LogP contribution in [0, 0.1) is 49.4 Å². The maximum absolute atomic E-state index is 13.0. The summed E-state index contributed by atoms with van der Waals surface area (Å²) in [6.45, 7) is 0. The molecule has 9 heteroatoms. The molecule has 0 saturated heterocycles. The van der Waals surface area contributed by atoms with E-state index in [9.17, 15) is 29.4 Å². The Balaban J connectivity index is 1.59. The maximum Gasteiger partial charge on any atom is 0.336 e. The van der Waals surface area contributed by atoms with Gasteiger partial charge in [0, 0.05) is 33.6 Å². The number of hydrogen-bond acceptors (Lipinski definition) is 5. The van der Waals surface area contributed by atoms with Crippen LogP contribution in [0.3, 0.4) is 0 Å². The molecule has 4 rings (SSSR count). The Hall–Kier alpha value is -7.20. The molecule has 4 aromatic carbocycles. The second kappa shape index (κ2) is 13.2. The number of carboxylic acid groups (broad SMARTS) is 2. The summed E-state index contributed by atoms with van der Waals surface area (Å²) in [5, 5.41) is 24.8. The minimum absolute atomic E-state index is 0.0191. The second-order valence-corrected chi connectivity index (χ2v) is 9.21. The van der Waals surface area contributed by atoms with Gasteiger partial charge in [-0.05, 0) is 72.8 Å². The quantitative estimate of drug-likeness (QED) is 0.203. The van der Waals surface area contributed by atoms with Gasteiger partial charge < -0.3 is 25.6 Å². The van der Waals surface area contributed by atoms with E-state index in [1.54, 1.807) is 12.1 Å². The number of ether oxygens (including phenoxy) is 1. The normalized spacial score (nSPS) is 9.78. The highest BCUT2D eigenvalue weighted by Crippen LogP contribution is 2.28. The van der Waals surface area contributed by atoms with Crippen LogP contribution in [0.25, 0.3) is 0 Å². The van der Waals surface area contributed by atoms with Crippen LogP contribution in [-0.2, 0) is 0 Å². The van der Waals surface area contributed by atoms with Crippen molar-refractivity contribution in [1.82, 2.24) is 0 Å². The Morgan fingerprint density at radius 2 is 0.844 bits per heavy atom. The zero-order chi connectivity index (χ0) is 32.7. The predicted octanol–water partition coefficient (Wildman–Crippen LogP) is 5.31. The minimum atomic E-state index is -1.42. The van der Waals surface area contributed by atoms with Crippen LogP contribution in [0.4, 0.5) is 11.4 Å². The lowest BCUT2D eigenvalue weighted by Crippen LogP contribution is -2.17. The van der Waals surface area contributed by atoms with Crippen molar-refractivity contribution in [3.63, 3.8) is 0 Å². The van der Waals surface area contributed by atoms with E-state index < -0.39 is 34.9 Å². The van der Waals surface area contributed by atoms with Crippen molar-refractivity contribution < 1.29 is 34.1 Å². The molecule has 0 spiro atoms. The summed E-state index contributed by atoms with van der Waals surface area (Å²) in [6, 6.07) is 16.5. The van der Waals surface area contributed by atoms with Crippen LogP contribution in [0.1, 0.15) is 63.7 Å². The first-order valence-electron chi connectivity index (χ1n) is 12.8. The molecule has 0 heterocycles. The lowest BCUT2D eigenvalue weighted by Gasteiger charge is -2.13. The summed E-state index contributed by atoms with van der Waals surface area (Å²) in [4.78, 5) is 50.1. The van der Waals surface area contributed by atoms with Crippen molar-refractivity contribution in [3.8, 4) is 60.9 Å². The standard InChI is InChI=1S/C36H20N2O7/c1-5-21-13-22(6-2)16-25(15-21)37-33(39)29-11-9-27(19-31(29)35(41)42)45-28-10-12-30(32(20-28)36(43)44)34(40)38-26-17-23(7-3)14-24(8-4)18-26/h1-4,9-20H,(H,37,39)(H,38,40)(H,41,42)(H,43,44). The Morgan fingerprint density at radius 3 is 1.13 bits per heavy atom. The van der Waals surface area contributed by atoms with Crippen LogP contribution < -0.4 is 15.4 Å². The third kappa shape index (κ3) is 7.18. The second-order valence-electron chi connectivity index (χ2n) is 9.21. The summed E-state index contributed by atoms with van der Waals surface area (Å²) in [5.41, 5.74) is 1.04. The molecule has 0 fully saturated rings. The van der Waals surface area contributed by atoms with Crippen LogP contribution in [-0.4, -0.2) is 34.0 Å². The van der Waals surface area contributed by atoms with Crippen molar-refractivity contribution in [2.45, 2.75) is 0 Å². The number of benzene rings is 4. The average Bonchev–Trinajstić information content (AvgIpc) is 3.03. The highest BCUT2D eigenvalue weighted by Gasteiger charge is 2.21. The predicted molar refractivity (Wildman–Crippen MR) is 167 cm³/mol. The van der Waals surface area contributed by atoms with Gasteiger partial charge in [-0.3, -0.25) is 9.59 Å². The third-order valence-electron chi connectivity index (χ3n) is 6.22. The fourth-order valence-corrected chi connectivity index (χ4v) is 4.19. The lowest BCUT2D eigenvalue weighted by molar-refractivity contribution is 0.0683.